The molecule has 2 aromatic carbocycles. The van der Waals surface area contributed by atoms with Crippen LogP contribution in [-0.2, 0) is 27.2 Å². The van der Waals surface area contributed by atoms with Gasteiger partial charge in [-0.3, -0.25) is 14.4 Å². The number of aryl methyl sites for hydroxylation is 2. The number of aromatic nitrogens is 2. The molecule has 1 aliphatic carbocycles. The van der Waals surface area contributed by atoms with E-state index in [9.17, 15) is 14.4 Å². The van der Waals surface area contributed by atoms with Crippen molar-refractivity contribution in [2.75, 3.05) is 0 Å². The molecule has 7 heteroatoms. The van der Waals surface area contributed by atoms with E-state index in [4.69, 9.17) is 4.74 Å². The van der Waals surface area contributed by atoms with E-state index in [1.165, 1.54) is 5.56 Å². The first kappa shape index (κ1) is 20.8. The summed E-state index contributed by atoms with van der Waals surface area (Å²) in [6.07, 6.45) is 2.23. The SMILES string of the molecule is C[C@@H](OC(=O)CCc1nc2ccccc2c(=O)[nH]1)C(=O)N[C@@H]1CCCc2ccccc21. The fourth-order valence-electron chi connectivity index (χ4n) is 3.98. The van der Waals surface area contributed by atoms with Gasteiger partial charge in [-0.25, -0.2) is 4.98 Å². The van der Waals surface area contributed by atoms with E-state index in [1.54, 1.807) is 31.2 Å². The van der Waals surface area contributed by atoms with Gasteiger partial charge in [-0.2, -0.15) is 0 Å². The summed E-state index contributed by atoms with van der Waals surface area (Å²) in [5.74, 6) is -0.411. The Labute approximate surface area is 179 Å². The van der Waals surface area contributed by atoms with Crippen molar-refractivity contribution in [3.63, 3.8) is 0 Å². The van der Waals surface area contributed by atoms with Crippen molar-refractivity contribution < 1.29 is 14.3 Å². The zero-order chi connectivity index (χ0) is 21.8. The molecular weight excluding hydrogens is 394 g/mol. The number of esters is 1. The lowest BCUT2D eigenvalue weighted by Gasteiger charge is -2.27. The molecule has 0 radical (unpaired) electrons. The third-order valence-corrected chi connectivity index (χ3v) is 5.59. The number of nitrogens with zero attached hydrogens (tertiary/aromatic N) is 1. The van der Waals surface area contributed by atoms with Crippen LogP contribution < -0.4 is 10.9 Å². The van der Waals surface area contributed by atoms with Gasteiger partial charge in [0.2, 0.25) is 0 Å². The number of benzene rings is 2. The van der Waals surface area contributed by atoms with Crippen molar-refractivity contribution in [1.82, 2.24) is 15.3 Å². The molecule has 1 amide bonds. The number of para-hydroxylation sites is 1. The number of amides is 1. The first-order valence-electron chi connectivity index (χ1n) is 10.6. The third-order valence-electron chi connectivity index (χ3n) is 5.59. The molecule has 1 aliphatic rings. The number of H-pyrrole nitrogens is 1. The highest BCUT2D eigenvalue weighted by atomic mass is 16.5. The Morgan fingerprint density at radius 2 is 1.97 bits per heavy atom. The fraction of sp³-hybridized carbons (Fsp3) is 0.333. The summed E-state index contributed by atoms with van der Waals surface area (Å²) < 4.78 is 5.31. The van der Waals surface area contributed by atoms with Crippen LogP contribution in [0.5, 0.6) is 0 Å². The van der Waals surface area contributed by atoms with E-state index >= 15 is 0 Å². The van der Waals surface area contributed by atoms with Crippen LogP contribution >= 0.6 is 0 Å². The minimum Gasteiger partial charge on any atom is -0.453 e. The highest BCUT2D eigenvalue weighted by Crippen LogP contribution is 2.29. The summed E-state index contributed by atoms with van der Waals surface area (Å²) in [7, 11) is 0. The number of rotatable bonds is 6. The van der Waals surface area contributed by atoms with Gasteiger partial charge in [0.15, 0.2) is 6.10 Å². The molecule has 0 bridgehead atoms. The van der Waals surface area contributed by atoms with Crippen molar-refractivity contribution in [2.24, 2.45) is 0 Å². The van der Waals surface area contributed by atoms with Crippen LogP contribution in [0.25, 0.3) is 10.9 Å². The summed E-state index contributed by atoms with van der Waals surface area (Å²) in [5, 5.41) is 3.51. The smallest absolute Gasteiger partial charge is 0.307 e. The topological polar surface area (TPSA) is 101 Å². The largest absolute Gasteiger partial charge is 0.453 e. The molecule has 0 unspecified atom stereocenters. The molecule has 0 aliphatic heterocycles. The minimum absolute atomic E-state index is 0.0190. The lowest BCUT2D eigenvalue weighted by molar-refractivity contribution is -0.155. The first-order valence-corrected chi connectivity index (χ1v) is 10.6. The predicted octanol–water partition coefficient (Wildman–Crippen LogP) is 2.98. The molecule has 4 rings (SSSR count). The van der Waals surface area contributed by atoms with Gasteiger partial charge < -0.3 is 15.0 Å². The predicted molar refractivity (Wildman–Crippen MR) is 117 cm³/mol. The van der Waals surface area contributed by atoms with Gasteiger partial charge in [0, 0.05) is 6.42 Å². The number of ether oxygens (including phenoxy) is 1. The van der Waals surface area contributed by atoms with Crippen LogP contribution in [0, 0.1) is 0 Å². The van der Waals surface area contributed by atoms with Gasteiger partial charge >= 0.3 is 5.97 Å². The molecule has 0 saturated heterocycles. The number of carbonyl (C=O) groups is 2. The maximum Gasteiger partial charge on any atom is 0.307 e. The van der Waals surface area contributed by atoms with Crippen molar-refractivity contribution in [2.45, 2.75) is 51.2 Å². The number of carbonyl (C=O) groups excluding carboxylic acids is 2. The van der Waals surface area contributed by atoms with Crippen LogP contribution in [-0.4, -0.2) is 27.9 Å². The standard InChI is InChI=1S/C24H25N3O4/c1-15(23(29)26-19-12-6-8-16-7-2-3-9-17(16)19)31-22(28)14-13-21-25-20-11-5-4-10-18(20)24(30)27-21/h2-5,7,9-11,15,19H,6,8,12-14H2,1H3,(H,26,29)(H,25,27,30)/t15-,19-/m1/s1. The fourth-order valence-corrected chi connectivity index (χ4v) is 3.98. The van der Waals surface area contributed by atoms with Gasteiger partial charge in [-0.05, 0) is 49.4 Å². The zero-order valence-corrected chi connectivity index (χ0v) is 17.4. The van der Waals surface area contributed by atoms with Crippen molar-refractivity contribution in [3.8, 4) is 0 Å². The molecule has 31 heavy (non-hydrogen) atoms. The van der Waals surface area contributed by atoms with Gasteiger partial charge in [0.1, 0.15) is 5.82 Å². The van der Waals surface area contributed by atoms with Crippen LogP contribution in [0.15, 0.2) is 53.3 Å². The number of fused-ring (bicyclic) bond motifs is 2. The van der Waals surface area contributed by atoms with Crippen LogP contribution in [0.1, 0.15) is 49.2 Å². The van der Waals surface area contributed by atoms with Crippen molar-refractivity contribution in [1.29, 1.82) is 0 Å². The van der Waals surface area contributed by atoms with Gasteiger partial charge in [0.25, 0.3) is 11.5 Å². The van der Waals surface area contributed by atoms with E-state index in [-0.39, 0.29) is 30.3 Å². The second-order valence-electron chi connectivity index (χ2n) is 7.81. The Balaban J connectivity index is 1.32. The van der Waals surface area contributed by atoms with E-state index in [0.29, 0.717) is 16.7 Å². The Kier molecular flexibility index (Phi) is 6.11. The molecule has 0 spiro atoms. The number of aromatic amines is 1. The highest BCUT2D eigenvalue weighted by Gasteiger charge is 2.25. The van der Waals surface area contributed by atoms with E-state index in [2.05, 4.69) is 21.4 Å². The maximum atomic E-state index is 12.6. The lowest BCUT2D eigenvalue weighted by atomic mass is 9.87. The summed E-state index contributed by atoms with van der Waals surface area (Å²) in [6, 6.07) is 15.1. The quantitative estimate of drug-likeness (QED) is 0.598. The summed E-state index contributed by atoms with van der Waals surface area (Å²) >= 11 is 0. The average molecular weight is 419 g/mol. The molecule has 0 saturated carbocycles. The molecule has 160 valence electrons. The van der Waals surface area contributed by atoms with Crippen LogP contribution in [0.4, 0.5) is 0 Å². The van der Waals surface area contributed by atoms with Gasteiger partial charge in [-0.15, -0.1) is 0 Å². The molecule has 3 aromatic rings. The monoisotopic (exact) mass is 419 g/mol. The van der Waals surface area contributed by atoms with Crippen molar-refractivity contribution in [3.05, 3.63) is 75.8 Å². The second-order valence-corrected chi connectivity index (χ2v) is 7.81. The van der Waals surface area contributed by atoms with Crippen LogP contribution in [0.2, 0.25) is 0 Å². The minimum atomic E-state index is -0.898. The highest BCUT2D eigenvalue weighted by molar-refractivity contribution is 5.84. The lowest BCUT2D eigenvalue weighted by Crippen LogP contribution is -2.39. The molecule has 2 atom stereocenters. The molecule has 1 aromatic heterocycles. The van der Waals surface area contributed by atoms with Crippen molar-refractivity contribution >= 4 is 22.8 Å². The molecule has 1 heterocycles. The maximum absolute atomic E-state index is 12.6. The third kappa shape index (κ3) is 4.82. The zero-order valence-electron chi connectivity index (χ0n) is 17.4. The Bertz CT molecular complexity index is 1170. The summed E-state index contributed by atoms with van der Waals surface area (Å²) in [6.45, 7) is 1.57. The molecular formula is C24H25N3O4. The molecule has 7 nitrogen and oxygen atoms in total. The van der Waals surface area contributed by atoms with Crippen LogP contribution in [0.3, 0.4) is 0 Å². The number of nitrogens with one attached hydrogen (secondary N) is 2. The second kappa shape index (κ2) is 9.12. The Morgan fingerprint density at radius 3 is 2.84 bits per heavy atom. The van der Waals surface area contributed by atoms with E-state index < -0.39 is 12.1 Å². The van der Waals surface area contributed by atoms with E-state index in [0.717, 1.165) is 24.8 Å². The van der Waals surface area contributed by atoms with E-state index in [1.807, 2.05) is 18.2 Å². The molecule has 2 N–H and O–H groups in total. The number of hydrogen-bond donors (Lipinski definition) is 2. The Hall–Kier alpha value is -3.48. The van der Waals surface area contributed by atoms with Gasteiger partial charge in [-0.1, -0.05) is 36.4 Å². The Morgan fingerprint density at radius 1 is 1.19 bits per heavy atom. The van der Waals surface area contributed by atoms with Gasteiger partial charge in [0.05, 0.1) is 23.4 Å². The number of hydrogen-bond acceptors (Lipinski definition) is 5. The molecule has 0 fully saturated rings. The average Bonchev–Trinajstić information content (AvgIpc) is 2.78. The summed E-state index contributed by atoms with van der Waals surface area (Å²) in [4.78, 5) is 44.0. The normalized spacial score (nSPS) is 16.4. The summed E-state index contributed by atoms with van der Waals surface area (Å²) in [5.41, 5.74) is 2.72. The first-order chi connectivity index (χ1) is 15.0.